The van der Waals surface area contributed by atoms with Crippen LogP contribution < -0.4 is 10.6 Å². The lowest BCUT2D eigenvalue weighted by Gasteiger charge is -2.23. The van der Waals surface area contributed by atoms with Crippen molar-refractivity contribution >= 4 is 11.9 Å². The van der Waals surface area contributed by atoms with Gasteiger partial charge in [0.2, 0.25) is 11.8 Å². The molecule has 2 rings (SSSR count). The number of rotatable bonds is 5. The van der Waals surface area contributed by atoms with E-state index in [2.05, 4.69) is 20.8 Å². The molecule has 0 radical (unpaired) electrons. The second-order valence-corrected chi connectivity index (χ2v) is 4.83. The van der Waals surface area contributed by atoms with Crippen LogP contribution in [-0.4, -0.2) is 28.2 Å². The second kappa shape index (κ2) is 4.44. The third-order valence-electron chi connectivity index (χ3n) is 2.77. The normalized spacial score (nSPS) is 15.9. The number of nitrogens with zero attached hydrogens (tertiary/aromatic N) is 2. The van der Waals surface area contributed by atoms with Gasteiger partial charge in [-0.1, -0.05) is 12.0 Å². The Hall–Kier alpha value is -1.43. The van der Waals surface area contributed by atoms with Gasteiger partial charge in [0.15, 0.2) is 0 Å². The maximum Gasteiger partial charge on any atom is 0.322 e. The van der Waals surface area contributed by atoms with Gasteiger partial charge in [-0.2, -0.15) is 0 Å². The summed E-state index contributed by atoms with van der Waals surface area (Å²) in [5.74, 6) is 0.849. The minimum atomic E-state index is -0.650. The first-order valence-electron chi connectivity index (χ1n) is 5.93. The van der Waals surface area contributed by atoms with E-state index in [1.807, 2.05) is 20.8 Å². The van der Waals surface area contributed by atoms with Gasteiger partial charge in [0, 0.05) is 5.92 Å². The van der Waals surface area contributed by atoms with Gasteiger partial charge >= 0.3 is 6.01 Å². The summed E-state index contributed by atoms with van der Waals surface area (Å²) in [7, 11) is 0. The van der Waals surface area contributed by atoms with Crippen LogP contribution in [0.2, 0.25) is 0 Å². The van der Waals surface area contributed by atoms with Crippen molar-refractivity contribution in [1.29, 1.82) is 0 Å². The van der Waals surface area contributed by atoms with Crippen LogP contribution in [0.3, 0.4) is 0 Å². The van der Waals surface area contributed by atoms with E-state index in [1.54, 1.807) is 0 Å². The molecule has 1 aromatic heterocycles. The zero-order valence-electron chi connectivity index (χ0n) is 10.4. The predicted octanol–water partition coefficient (Wildman–Crippen LogP) is 1.27. The Morgan fingerprint density at radius 1 is 1.47 bits per heavy atom. The lowest BCUT2D eigenvalue weighted by Crippen LogP contribution is -2.49. The van der Waals surface area contributed by atoms with Crippen molar-refractivity contribution in [1.82, 2.24) is 15.5 Å². The fourth-order valence-electron chi connectivity index (χ4n) is 1.56. The highest BCUT2D eigenvalue weighted by Gasteiger charge is 2.31. The molecule has 1 heterocycles. The monoisotopic (exact) mass is 238 g/mol. The van der Waals surface area contributed by atoms with Gasteiger partial charge < -0.3 is 9.73 Å². The molecule has 94 valence electrons. The van der Waals surface area contributed by atoms with Gasteiger partial charge in [-0.25, -0.2) is 0 Å². The van der Waals surface area contributed by atoms with E-state index in [1.165, 1.54) is 0 Å². The largest absolute Gasteiger partial charge is 0.408 e. The summed E-state index contributed by atoms with van der Waals surface area (Å²) in [4.78, 5) is 11.9. The first kappa shape index (κ1) is 12.0. The first-order valence-corrected chi connectivity index (χ1v) is 5.93. The van der Waals surface area contributed by atoms with E-state index in [4.69, 9.17) is 4.42 Å². The lowest BCUT2D eigenvalue weighted by atomic mass is 10.1. The summed E-state index contributed by atoms with van der Waals surface area (Å²) in [6, 6.07) is 0.183. The average molecular weight is 238 g/mol. The summed E-state index contributed by atoms with van der Waals surface area (Å²) in [5, 5.41) is 13.4. The predicted molar refractivity (Wildman–Crippen MR) is 62.7 cm³/mol. The summed E-state index contributed by atoms with van der Waals surface area (Å²) in [5.41, 5.74) is -0.650. The number of anilines is 1. The summed E-state index contributed by atoms with van der Waals surface area (Å²) >= 11 is 0. The summed E-state index contributed by atoms with van der Waals surface area (Å²) in [6.45, 7) is 6.29. The topological polar surface area (TPSA) is 80.0 Å². The number of carbonyl (C=O) groups is 1. The lowest BCUT2D eigenvalue weighted by molar-refractivity contribution is -0.121. The molecule has 0 saturated heterocycles. The van der Waals surface area contributed by atoms with Crippen molar-refractivity contribution in [3.63, 3.8) is 0 Å². The second-order valence-electron chi connectivity index (χ2n) is 4.83. The number of likely N-dealkylation sites (N-methyl/N-ethyl adjacent to an activating group) is 1. The van der Waals surface area contributed by atoms with E-state index in [-0.39, 0.29) is 11.9 Å². The molecule has 1 saturated carbocycles. The highest BCUT2D eigenvalue weighted by atomic mass is 16.4. The van der Waals surface area contributed by atoms with Gasteiger partial charge in [-0.15, -0.1) is 5.10 Å². The van der Waals surface area contributed by atoms with Crippen LogP contribution in [0, 0.1) is 0 Å². The average Bonchev–Trinajstić information content (AvgIpc) is 3.00. The zero-order valence-corrected chi connectivity index (χ0v) is 10.4. The van der Waals surface area contributed by atoms with E-state index in [0.717, 1.165) is 19.4 Å². The number of nitrogens with one attached hydrogen (secondary N) is 2. The first-order chi connectivity index (χ1) is 8.03. The summed E-state index contributed by atoms with van der Waals surface area (Å²) in [6.07, 6.45) is 2.19. The molecule has 2 N–H and O–H groups in total. The molecule has 6 heteroatoms. The van der Waals surface area contributed by atoms with Crippen molar-refractivity contribution in [2.75, 3.05) is 11.9 Å². The Labute approximate surface area is 100 Å². The van der Waals surface area contributed by atoms with Crippen LogP contribution >= 0.6 is 0 Å². The Bertz CT molecular complexity index is 409. The Morgan fingerprint density at radius 2 is 2.18 bits per heavy atom. The molecule has 1 amide bonds. The molecular formula is C11H18N4O2. The standard InChI is InChI=1S/C11H18N4O2/c1-4-12-11(2,3)9(16)13-10-15-14-8(17-10)7-5-6-7/h7,12H,4-6H2,1-3H3,(H,13,15,16). The van der Waals surface area contributed by atoms with Crippen molar-refractivity contribution in [3.05, 3.63) is 5.89 Å². The maximum absolute atomic E-state index is 11.9. The molecule has 1 aliphatic carbocycles. The van der Waals surface area contributed by atoms with Gasteiger partial charge in [0.25, 0.3) is 0 Å². The van der Waals surface area contributed by atoms with Crippen LogP contribution in [0.15, 0.2) is 4.42 Å². The fourth-order valence-corrected chi connectivity index (χ4v) is 1.56. The molecule has 0 aliphatic heterocycles. The molecule has 1 aliphatic rings. The van der Waals surface area contributed by atoms with Gasteiger partial charge in [-0.05, 0) is 33.2 Å². The third-order valence-corrected chi connectivity index (χ3v) is 2.77. The van der Waals surface area contributed by atoms with Crippen molar-refractivity contribution in [3.8, 4) is 0 Å². The van der Waals surface area contributed by atoms with Gasteiger partial charge in [-0.3, -0.25) is 10.1 Å². The van der Waals surface area contributed by atoms with E-state index >= 15 is 0 Å². The number of amides is 1. The Morgan fingerprint density at radius 3 is 2.76 bits per heavy atom. The SMILES string of the molecule is CCNC(C)(C)C(=O)Nc1nnc(C2CC2)o1. The van der Waals surface area contributed by atoms with Crippen molar-refractivity contribution < 1.29 is 9.21 Å². The van der Waals surface area contributed by atoms with Gasteiger partial charge in [0.05, 0.1) is 5.54 Å². The number of aromatic nitrogens is 2. The minimum Gasteiger partial charge on any atom is -0.408 e. The fraction of sp³-hybridized carbons (Fsp3) is 0.727. The molecule has 0 atom stereocenters. The van der Waals surface area contributed by atoms with E-state index < -0.39 is 5.54 Å². The van der Waals surface area contributed by atoms with Crippen molar-refractivity contribution in [2.45, 2.75) is 45.1 Å². The van der Waals surface area contributed by atoms with Crippen LogP contribution in [0.5, 0.6) is 0 Å². The van der Waals surface area contributed by atoms with E-state index in [9.17, 15) is 4.79 Å². The molecular weight excluding hydrogens is 220 g/mol. The highest BCUT2D eigenvalue weighted by Crippen LogP contribution is 2.39. The molecule has 1 fully saturated rings. The minimum absolute atomic E-state index is 0.176. The maximum atomic E-state index is 11.9. The van der Waals surface area contributed by atoms with Crippen LogP contribution in [0.25, 0.3) is 0 Å². The molecule has 0 unspecified atom stereocenters. The molecule has 6 nitrogen and oxygen atoms in total. The van der Waals surface area contributed by atoms with Crippen LogP contribution in [0.4, 0.5) is 6.01 Å². The highest BCUT2D eigenvalue weighted by molar-refractivity contribution is 5.95. The smallest absolute Gasteiger partial charge is 0.322 e. The van der Waals surface area contributed by atoms with E-state index in [0.29, 0.717) is 11.8 Å². The quantitative estimate of drug-likeness (QED) is 0.807. The molecule has 0 aromatic carbocycles. The van der Waals surface area contributed by atoms with Gasteiger partial charge in [0.1, 0.15) is 0 Å². The number of hydrogen-bond acceptors (Lipinski definition) is 5. The molecule has 1 aromatic rings. The summed E-state index contributed by atoms with van der Waals surface area (Å²) < 4.78 is 5.37. The molecule has 17 heavy (non-hydrogen) atoms. The zero-order chi connectivity index (χ0) is 12.5. The number of hydrogen-bond donors (Lipinski definition) is 2. The van der Waals surface area contributed by atoms with Crippen molar-refractivity contribution in [2.24, 2.45) is 0 Å². The molecule has 0 bridgehead atoms. The number of carbonyl (C=O) groups excluding carboxylic acids is 1. The van der Waals surface area contributed by atoms with Crippen LogP contribution in [0.1, 0.15) is 45.4 Å². The third kappa shape index (κ3) is 2.82. The molecule has 0 spiro atoms. The van der Waals surface area contributed by atoms with Crippen LogP contribution in [-0.2, 0) is 4.79 Å². The Kier molecular flexibility index (Phi) is 3.15. The Balaban J connectivity index is 1.97.